The van der Waals surface area contributed by atoms with E-state index in [1.807, 2.05) is 20.8 Å². The molecule has 1 atom stereocenters. The lowest BCUT2D eigenvalue weighted by molar-refractivity contribution is -0.123. The molecule has 2 aromatic carbocycles. The first-order valence-electron chi connectivity index (χ1n) is 10.6. The number of halogens is 2. The molecule has 0 bridgehead atoms. The van der Waals surface area contributed by atoms with Gasteiger partial charge in [0.2, 0.25) is 0 Å². The lowest BCUT2D eigenvalue weighted by Crippen LogP contribution is -2.48. The van der Waals surface area contributed by atoms with Crippen LogP contribution in [0.25, 0.3) is 0 Å². The van der Waals surface area contributed by atoms with Crippen LogP contribution >= 0.6 is 15.9 Å². The van der Waals surface area contributed by atoms with Crippen molar-refractivity contribution >= 4 is 34.0 Å². The Morgan fingerprint density at radius 2 is 1.82 bits per heavy atom. The first-order chi connectivity index (χ1) is 15.6. The molecular weight excluding hydrogens is 493 g/mol. The molecule has 0 aliphatic carbocycles. The van der Waals surface area contributed by atoms with Gasteiger partial charge in [-0.2, -0.15) is 5.10 Å². The van der Waals surface area contributed by atoms with Crippen molar-refractivity contribution in [2.75, 3.05) is 6.61 Å². The Bertz CT molecular complexity index is 994. The number of carbonyl (C=O) groups excluding carboxylic acids is 2. The molecule has 0 aliphatic rings. The average molecular weight is 522 g/mol. The number of ether oxygens (including phenoxy) is 2. The summed E-state index contributed by atoms with van der Waals surface area (Å²) >= 11 is 3.49. The molecule has 7 nitrogen and oxygen atoms in total. The molecule has 0 aromatic heterocycles. The van der Waals surface area contributed by atoms with Crippen molar-refractivity contribution in [1.82, 2.24) is 10.7 Å². The maximum absolute atomic E-state index is 13.1. The van der Waals surface area contributed by atoms with E-state index in [4.69, 9.17) is 9.47 Å². The Hall–Kier alpha value is -2.94. The molecule has 2 amide bonds. The lowest BCUT2D eigenvalue weighted by Gasteiger charge is -2.20. The summed E-state index contributed by atoms with van der Waals surface area (Å²) in [6.07, 6.45) is 1.45. The summed E-state index contributed by atoms with van der Waals surface area (Å²) in [5, 5.41) is 6.70. The third-order valence-electron chi connectivity index (χ3n) is 4.42. The maximum Gasteiger partial charge on any atom is 0.262 e. The van der Waals surface area contributed by atoms with Gasteiger partial charge in [0.15, 0.2) is 11.5 Å². The van der Waals surface area contributed by atoms with Crippen LogP contribution in [0, 0.1) is 11.7 Å². The Balaban J connectivity index is 2.11. The van der Waals surface area contributed by atoms with Crippen LogP contribution < -0.4 is 20.2 Å². The highest BCUT2D eigenvalue weighted by molar-refractivity contribution is 9.10. The predicted octanol–water partition coefficient (Wildman–Crippen LogP) is 4.68. The van der Waals surface area contributed by atoms with Crippen LogP contribution in [0.3, 0.4) is 0 Å². The first kappa shape index (κ1) is 26.3. The Morgan fingerprint density at radius 3 is 2.39 bits per heavy atom. The van der Waals surface area contributed by atoms with Crippen molar-refractivity contribution in [2.45, 2.75) is 46.8 Å². The van der Waals surface area contributed by atoms with Crippen LogP contribution in [0.1, 0.15) is 50.5 Å². The van der Waals surface area contributed by atoms with Gasteiger partial charge in [-0.15, -0.1) is 0 Å². The van der Waals surface area contributed by atoms with Crippen molar-refractivity contribution in [2.24, 2.45) is 11.0 Å². The molecule has 0 aliphatic heterocycles. The Labute approximate surface area is 201 Å². The molecule has 9 heteroatoms. The van der Waals surface area contributed by atoms with E-state index >= 15 is 0 Å². The number of nitrogens with one attached hydrogen (secondary N) is 2. The second-order valence-electron chi connectivity index (χ2n) is 7.87. The van der Waals surface area contributed by atoms with Crippen molar-refractivity contribution in [3.05, 3.63) is 57.8 Å². The SMILES string of the molecule is CCOc1cc(/C=N/NC(=O)C(NC(=O)c2ccc(F)cc2)C(C)C)cc(Br)c1OC(C)C. The van der Waals surface area contributed by atoms with Gasteiger partial charge in [-0.3, -0.25) is 9.59 Å². The van der Waals surface area contributed by atoms with Gasteiger partial charge in [-0.25, -0.2) is 9.82 Å². The molecule has 2 aromatic rings. The highest BCUT2D eigenvalue weighted by atomic mass is 79.9. The van der Waals surface area contributed by atoms with Gasteiger partial charge in [-0.05, 0) is 84.6 Å². The van der Waals surface area contributed by atoms with E-state index in [0.717, 1.165) is 0 Å². The fourth-order valence-electron chi connectivity index (χ4n) is 2.88. The van der Waals surface area contributed by atoms with Crippen LogP contribution in [0.5, 0.6) is 11.5 Å². The zero-order valence-electron chi connectivity index (χ0n) is 19.3. The van der Waals surface area contributed by atoms with Gasteiger partial charge in [0, 0.05) is 5.56 Å². The van der Waals surface area contributed by atoms with Crippen LogP contribution in [-0.4, -0.2) is 36.8 Å². The fourth-order valence-corrected chi connectivity index (χ4v) is 3.43. The minimum absolute atomic E-state index is 0.0302. The number of hydrogen-bond acceptors (Lipinski definition) is 5. The molecule has 2 N–H and O–H groups in total. The van der Waals surface area contributed by atoms with Crippen LogP contribution in [0.4, 0.5) is 4.39 Å². The molecule has 1 unspecified atom stereocenters. The molecule has 0 heterocycles. The molecule has 0 radical (unpaired) electrons. The topological polar surface area (TPSA) is 89.0 Å². The highest BCUT2D eigenvalue weighted by Crippen LogP contribution is 2.37. The average Bonchev–Trinajstić information content (AvgIpc) is 2.74. The normalized spacial score (nSPS) is 12.2. The molecule has 0 saturated heterocycles. The van der Waals surface area contributed by atoms with Crippen molar-refractivity contribution < 1.29 is 23.5 Å². The van der Waals surface area contributed by atoms with Crippen molar-refractivity contribution in [3.8, 4) is 11.5 Å². The summed E-state index contributed by atoms with van der Waals surface area (Å²) in [5.41, 5.74) is 3.40. The zero-order valence-corrected chi connectivity index (χ0v) is 20.9. The summed E-state index contributed by atoms with van der Waals surface area (Å²) in [4.78, 5) is 25.1. The standard InChI is InChI=1S/C24H29BrFN3O4/c1-6-32-20-12-16(11-19(25)22(20)33-15(4)5)13-27-29-24(31)21(14(2)3)28-23(30)17-7-9-18(26)10-8-17/h7-15,21H,6H2,1-5H3,(H,28,30)(H,29,31)/b27-13+. The predicted molar refractivity (Wildman–Crippen MR) is 129 cm³/mol. The molecule has 0 spiro atoms. The van der Waals surface area contributed by atoms with E-state index in [2.05, 4.69) is 31.8 Å². The summed E-state index contributed by atoms with van der Waals surface area (Å²) < 4.78 is 25.3. The quantitative estimate of drug-likeness (QED) is 0.351. The van der Waals surface area contributed by atoms with Gasteiger partial charge >= 0.3 is 0 Å². The first-order valence-corrected chi connectivity index (χ1v) is 11.4. The largest absolute Gasteiger partial charge is 0.490 e. The molecule has 2 rings (SSSR count). The molecule has 0 saturated carbocycles. The second-order valence-corrected chi connectivity index (χ2v) is 8.72. The van der Waals surface area contributed by atoms with Gasteiger partial charge in [0.1, 0.15) is 11.9 Å². The van der Waals surface area contributed by atoms with Gasteiger partial charge in [0.25, 0.3) is 11.8 Å². The van der Waals surface area contributed by atoms with E-state index < -0.39 is 23.7 Å². The highest BCUT2D eigenvalue weighted by Gasteiger charge is 2.24. The summed E-state index contributed by atoms with van der Waals surface area (Å²) in [7, 11) is 0. The number of benzene rings is 2. The number of rotatable bonds is 10. The van der Waals surface area contributed by atoms with Gasteiger partial charge < -0.3 is 14.8 Å². The Morgan fingerprint density at radius 1 is 1.15 bits per heavy atom. The molecule has 178 valence electrons. The molecular formula is C24H29BrFN3O4. The number of carbonyl (C=O) groups is 2. The van der Waals surface area contributed by atoms with Crippen LogP contribution in [0.15, 0.2) is 46.0 Å². The number of hydrogen-bond donors (Lipinski definition) is 2. The smallest absolute Gasteiger partial charge is 0.262 e. The summed E-state index contributed by atoms with van der Waals surface area (Å²) in [6, 6.07) is 7.83. The van der Waals surface area contributed by atoms with Crippen molar-refractivity contribution in [1.29, 1.82) is 0 Å². The summed E-state index contributed by atoms with van der Waals surface area (Å²) in [6.45, 7) is 9.79. The van der Waals surface area contributed by atoms with E-state index in [1.54, 1.807) is 26.0 Å². The van der Waals surface area contributed by atoms with E-state index in [-0.39, 0.29) is 17.6 Å². The third kappa shape index (κ3) is 7.85. The van der Waals surface area contributed by atoms with Gasteiger partial charge in [-0.1, -0.05) is 13.8 Å². The molecule has 33 heavy (non-hydrogen) atoms. The number of amides is 2. The second kappa shape index (κ2) is 12.3. The number of hydrazone groups is 1. The minimum Gasteiger partial charge on any atom is -0.490 e. The molecule has 0 fully saturated rings. The monoisotopic (exact) mass is 521 g/mol. The fraction of sp³-hybridized carbons (Fsp3) is 0.375. The third-order valence-corrected chi connectivity index (χ3v) is 5.00. The lowest BCUT2D eigenvalue weighted by atomic mass is 10.0. The zero-order chi connectivity index (χ0) is 24.5. The van der Waals surface area contributed by atoms with E-state index in [1.165, 1.54) is 30.5 Å². The van der Waals surface area contributed by atoms with Gasteiger partial charge in [0.05, 0.1) is 23.4 Å². The maximum atomic E-state index is 13.1. The van der Waals surface area contributed by atoms with Crippen LogP contribution in [0.2, 0.25) is 0 Å². The van der Waals surface area contributed by atoms with E-state index in [0.29, 0.717) is 28.1 Å². The van der Waals surface area contributed by atoms with Crippen LogP contribution in [-0.2, 0) is 4.79 Å². The Kier molecular flexibility index (Phi) is 9.84. The van der Waals surface area contributed by atoms with E-state index in [9.17, 15) is 14.0 Å². The minimum atomic E-state index is -0.827. The number of nitrogens with zero attached hydrogens (tertiary/aromatic N) is 1. The van der Waals surface area contributed by atoms with Crippen molar-refractivity contribution in [3.63, 3.8) is 0 Å². The summed E-state index contributed by atoms with van der Waals surface area (Å²) in [5.74, 6) is -0.437.